The fourth-order valence-corrected chi connectivity index (χ4v) is 1.58. The summed E-state index contributed by atoms with van der Waals surface area (Å²) in [5.74, 6) is 0.617. The quantitative estimate of drug-likeness (QED) is 0.873. The summed E-state index contributed by atoms with van der Waals surface area (Å²) in [7, 11) is 0. The molecule has 1 heterocycles. The minimum absolute atomic E-state index is 0.180. The van der Waals surface area contributed by atoms with Gasteiger partial charge in [-0.2, -0.15) is 5.10 Å². The van der Waals surface area contributed by atoms with Gasteiger partial charge in [-0.15, -0.1) is 0 Å². The van der Waals surface area contributed by atoms with Gasteiger partial charge < -0.3 is 5.32 Å². The molecule has 0 aliphatic carbocycles. The summed E-state index contributed by atoms with van der Waals surface area (Å²) in [5.41, 5.74) is 0.752. The first-order valence-electron chi connectivity index (χ1n) is 5.34. The van der Waals surface area contributed by atoms with Crippen LogP contribution in [0.4, 0.5) is 5.69 Å². The van der Waals surface area contributed by atoms with Gasteiger partial charge in [0.1, 0.15) is 5.82 Å². The fourth-order valence-electron chi connectivity index (χ4n) is 1.45. The average molecular weight is 253 g/mol. The van der Waals surface area contributed by atoms with E-state index in [9.17, 15) is 4.79 Å². The molecular weight excluding hydrogens is 240 g/mol. The van der Waals surface area contributed by atoms with Gasteiger partial charge in [0.25, 0.3) is 0 Å². The summed E-state index contributed by atoms with van der Waals surface area (Å²) < 4.78 is 1.39. The molecule has 0 aliphatic rings. The lowest BCUT2D eigenvalue weighted by Gasteiger charge is -2.03. The van der Waals surface area contributed by atoms with Gasteiger partial charge in [-0.05, 0) is 31.2 Å². The third-order valence-electron chi connectivity index (χ3n) is 2.33. The van der Waals surface area contributed by atoms with Crippen LogP contribution in [0.15, 0.2) is 29.1 Å². The van der Waals surface area contributed by atoms with Gasteiger partial charge in [-0.1, -0.05) is 11.6 Å². The van der Waals surface area contributed by atoms with Crippen LogP contribution in [0.2, 0.25) is 5.02 Å². The monoisotopic (exact) mass is 252 g/mol. The Hall–Kier alpha value is -1.75. The van der Waals surface area contributed by atoms with Crippen LogP contribution < -0.4 is 11.0 Å². The lowest BCUT2D eigenvalue weighted by Crippen LogP contribution is -2.16. The molecule has 6 heteroatoms. The second-order valence-corrected chi connectivity index (χ2v) is 3.99. The lowest BCUT2D eigenvalue weighted by molar-refractivity contribution is 0.627. The normalized spacial score (nSPS) is 10.5. The molecule has 0 saturated heterocycles. The number of aromatic amines is 1. The van der Waals surface area contributed by atoms with Crippen LogP contribution in [0, 0.1) is 0 Å². The van der Waals surface area contributed by atoms with Crippen molar-refractivity contribution in [1.82, 2.24) is 14.8 Å². The molecule has 0 saturated carbocycles. The molecule has 2 aromatic rings. The van der Waals surface area contributed by atoms with E-state index < -0.39 is 0 Å². The average Bonchev–Trinajstić information content (AvgIpc) is 2.69. The maximum absolute atomic E-state index is 11.3. The maximum Gasteiger partial charge on any atom is 0.343 e. The number of nitrogens with zero attached hydrogens (tertiary/aromatic N) is 2. The third kappa shape index (κ3) is 2.88. The highest BCUT2D eigenvalue weighted by atomic mass is 35.5. The van der Waals surface area contributed by atoms with Gasteiger partial charge in [0.2, 0.25) is 0 Å². The maximum atomic E-state index is 11.3. The molecule has 17 heavy (non-hydrogen) atoms. The smallest absolute Gasteiger partial charge is 0.343 e. The summed E-state index contributed by atoms with van der Waals surface area (Å²) in [6, 6.07) is 7.35. The number of hydrogen-bond acceptors (Lipinski definition) is 3. The summed E-state index contributed by atoms with van der Waals surface area (Å²) >= 11 is 5.78. The van der Waals surface area contributed by atoms with Crippen LogP contribution in [0.5, 0.6) is 0 Å². The van der Waals surface area contributed by atoms with Crippen molar-refractivity contribution >= 4 is 17.3 Å². The zero-order valence-electron chi connectivity index (χ0n) is 9.40. The van der Waals surface area contributed by atoms with Gasteiger partial charge >= 0.3 is 5.69 Å². The Morgan fingerprint density at radius 1 is 1.41 bits per heavy atom. The minimum Gasteiger partial charge on any atom is -0.378 e. The second kappa shape index (κ2) is 5.05. The van der Waals surface area contributed by atoms with E-state index >= 15 is 0 Å². The molecule has 0 aliphatic heterocycles. The number of benzene rings is 1. The highest BCUT2D eigenvalue weighted by Crippen LogP contribution is 2.13. The molecule has 0 atom stereocenters. The molecule has 0 radical (unpaired) electrons. The van der Waals surface area contributed by atoms with Crippen LogP contribution in [-0.2, 0) is 13.1 Å². The standard InChI is InChI=1S/C11H13ClN4O/c1-2-16-11(17)14-10(15-16)7-13-9-5-3-8(12)4-6-9/h3-6,13H,2,7H2,1H3,(H,14,15,17). The highest BCUT2D eigenvalue weighted by molar-refractivity contribution is 6.30. The molecule has 0 bridgehead atoms. The largest absolute Gasteiger partial charge is 0.378 e. The van der Waals surface area contributed by atoms with Crippen molar-refractivity contribution in [2.75, 3.05) is 5.32 Å². The molecule has 1 aromatic carbocycles. The summed E-state index contributed by atoms with van der Waals surface area (Å²) in [4.78, 5) is 14.0. The van der Waals surface area contributed by atoms with Crippen molar-refractivity contribution in [2.24, 2.45) is 0 Å². The van der Waals surface area contributed by atoms with Crippen molar-refractivity contribution in [1.29, 1.82) is 0 Å². The Kier molecular flexibility index (Phi) is 3.49. The van der Waals surface area contributed by atoms with E-state index in [-0.39, 0.29) is 5.69 Å². The van der Waals surface area contributed by atoms with E-state index in [1.54, 1.807) is 12.1 Å². The Morgan fingerprint density at radius 3 is 2.71 bits per heavy atom. The third-order valence-corrected chi connectivity index (χ3v) is 2.58. The topological polar surface area (TPSA) is 62.7 Å². The van der Waals surface area contributed by atoms with E-state index in [2.05, 4.69) is 15.4 Å². The van der Waals surface area contributed by atoms with E-state index in [1.807, 2.05) is 19.1 Å². The number of H-pyrrole nitrogens is 1. The Bertz CT molecular complexity index is 543. The predicted octanol–water partition coefficient (Wildman–Crippen LogP) is 1.86. The van der Waals surface area contributed by atoms with Gasteiger partial charge in [0.05, 0.1) is 6.54 Å². The number of rotatable bonds is 4. The minimum atomic E-state index is -0.180. The molecule has 1 aromatic heterocycles. The number of halogens is 1. The first kappa shape index (κ1) is 11.7. The summed E-state index contributed by atoms with van der Waals surface area (Å²) in [6.45, 7) is 2.92. The van der Waals surface area contributed by atoms with Crippen molar-refractivity contribution in [3.05, 3.63) is 45.6 Å². The predicted molar refractivity (Wildman–Crippen MR) is 67.3 cm³/mol. The van der Waals surface area contributed by atoms with Crippen molar-refractivity contribution < 1.29 is 0 Å². The van der Waals surface area contributed by atoms with Gasteiger partial charge in [-0.25, -0.2) is 9.48 Å². The van der Waals surface area contributed by atoms with Gasteiger partial charge in [-0.3, -0.25) is 4.98 Å². The fraction of sp³-hybridized carbons (Fsp3) is 0.273. The molecule has 0 spiro atoms. The molecule has 2 rings (SSSR count). The summed E-state index contributed by atoms with van der Waals surface area (Å²) in [6.07, 6.45) is 0. The molecule has 0 amide bonds. The first-order valence-corrected chi connectivity index (χ1v) is 5.72. The molecule has 0 unspecified atom stereocenters. The first-order chi connectivity index (χ1) is 8.19. The second-order valence-electron chi connectivity index (χ2n) is 3.55. The van der Waals surface area contributed by atoms with E-state index in [1.165, 1.54) is 4.68 Å². The number of aryl methyl sites for hydroxylation is 1. The van der Waals surface area contributed by atoms with Crippen LogP contribution in [0.3, 0.4) is 0 Å². The van der Waals surface area contributed by atoms with Gasteiger partial charge in [0.15, 0.2) is 0 Å². The number of nitrogens with one attached hydrogen (secondary N) is 2. The van der Waals surface area contributed by atoms with E-state index in [0.717, 1.165) is 5.69 Å². The van der Waals surface area contributed by atoms with Crippen LogP contribution in [0.1, 0.15) is 12.7 Å². The van der Waals surface area contributed by atoms with Crippen molar-refractivity contribution in [3.8, 4) is 0 Å². The number of anilines is 1. The Morgan fingerprint density at radius 2 is 2.12 bits per heavy atom. The van der Waals surface area contributed by atoms with Crippen molar-refractivity contribution in [2.45, 2.75) is 20.0 Å². The molecule has 5 nitrogen and oxygen atoms in total. The molecule has 2 N–H and O–H groups in total. The van der Waals surface area contributed by atoms with Crippen LogP contribution in [-0.4, -0.2) is 14.8 Å². The zero-order valence-corrected chi connectivity index (χ0v) is 10.2. The molecule has 90 valence electrons. The highest BCUT2D eigenvalue weighted by Gasteiger charge is 2.02. The Balaban J connectivity index is 2.02. The van der Waals surface area contributed by atoms with Crippen molar-refractivity contribution in [3.63, 3.8) is 0 Å². The molecular formula is C11H13ClN4O. The Labute approximate surface area is 103 Å². The van der Waals surface area contributed by atoms with Crippen LogP contribution in [0.25, 0.3) is 0 Å². The SMILES string of the molecule is CCn1nc(CNc2ccc(Cl)cc2)[nH]c1=O. The summed E-state index contributed by atoms with van der Waals surface area (Å²) in [5, 5.41) is 7.96. The van der Waals surface area contributed by atoms with Gasteiger partial charge in [0, 0.05) is 17.3 Å². The molecule has 0 fully saturated rings. The van der Waals surface area contributed by atoms with E-state index in [0.29, 0.717) is 23.9 Å². The number of hydrogen-bond donors (Lipinski definition) is 2. The van der Waals surface area contributed by atoms with Crippen LogP contribution >= 0.6 is 11.6 Å². The number of aromatic nitrogens is 3. The lowest BCUT2D eigenvalue weighted by atomic mass is 10.3. The zero-order chi connectivity index (χ0) is 12.3. The van der Waals surface area contributed by atoms with E-state index in [4.69, 9.17) is 11.6 Å².